The molecule has 3 aliphatic heterocycles. The van der Waals surface area contributed by atoms with E-state index in [0.717, 1.165) is 84.6 Å². The summed E-state index contributed by atoms with van der Waals surface area (Å²) in [5, 5.41) is 18.0. The number of aliphatic hydroxyl groups is 1. The normalized spacial score (nSPS) is 26.9. The third kappa shape index (κ3) is 22.0. The first kappa shape index (κ1) is 85.1. The van der Waals surface area contributed by atoms with Crippen molar-refractivity contribution >= 4 is 82.5 Å². The molecule has 0 unspecified atom stereocenters. The van der Waals surface area contributed by atoms with Gasteiger partial charge in [0.2, 0.25) is 70.9 Å². The van der Waals surface area contributed by atoms with Crippen molar-refractivity contribution in [3.63, 3.8) is 0 Å². The number of carbonyl (C=O) groups is 12. The number of hydrogen-bond acceptors (Lipinski definition) is 14. The van der Waals surface area contributed by atoms with Gasteiger partial charge in [-0.25, -0.2) is 0 Å². The van der Waals surface area contributed by atoms with Gasteiger partial charge in [0, 0.05) is 75.4 Å². The minimum absolute atomic E-state index is 0.00775. The second-order valence-corrected chi connectivity index (χ2v) is 31.3. The van der Waals surface area contributed by atoms with Crippen molar-refractivity contribution in [3.8, 4) is 0 Å². The quantitative estimate of drug-likeness (QED) is 0.181. The summed E-state index contributed by atoms with van der Waals surface area (Å²) in [6.45, 7) is 5.38. The Hall–Kier alpha value is -7.14. The number of nitrogens with one attached hydrogen (secondary N) is 3. The number of hydrogen-bond donors (Lipinski definition) is 4. The smallest absolute Gasteiger partial charge is 0.394 e. The van der Waals surface area contributed by atoms with Crippen LogP contribution in [-0.4, -0.2) is 276 Å². The predicted octanol–water partition coefficient (Wildman–Crippen LogP) is 5.41. The average Bonchev–Trinajstić information content (AvgIpc) is 1.11. The zero-order chi connectivity index (χ0) is 77.4. The van der Waals surface area contributed by atoms with Crippen LogP contribution in [0.1, 0.15) is 187 Å². The molecule has 1 aromatic rings. The third-order valence-electron chi connectivity index (χ3n) is 22.8. The van der Waals surface area contributed by atoms with Crippen molar-refractivity contribution in [2.75, 3.05) is 102 Å². The standard InChI is InChI=1S/C75H116ClF3N12O14/c1-12-48(4)64-71(102)85(7)45-62(95)83(5)46-63(96)87(9)58(40-49-24-16-13-17-25-49)69(100)84(6)44-60(93)80-55(31-29-50-28-30-53(54(76)39-50)75(77,78)79)68(99)91-43-52(105-37-36-92)41-57(91)67(98)82-74(32-20-21-33-74)73(104)89(11)65(51-26-18-14-19-27-51)72(103)88(10)59(70(101)90-34-22-15-23-35-90)42-61(94)86(8)56(38-47(2)3)66(97)81-64/h28,30,39,47-49,51-52,55-59,64-65,92H,12-27,29,31-38,40-46H2,1-11H3,(H,80,93)(H,81,97)(H,82,98)/t48-,52-,55-,56-,57-,58-,59-,64-,65-/m0/s1. The van der Waals surface area contributed by atoms with Crippen molar-refractivity contribution in [3.05, 3.63) is 34.3 Å². The molecule has 3 saturated carbocycles. The molecule has 6 aliphatic rings. The number of carbonyl (C=O) groups excluding carboxylic acids is 12. The molecule has 1 aromatic carbocycles. The number of nitrogens with zero attached hydrogens (tertiary/aromatic N) is 9. The van der Waals surface area contributed by atoms with Crippen molar-refractivity contribution in [2.45, 2.75) is 242 Å². The summed E-state index contributed by atoms with van der Waals surface area (Å²) < 4.78 is 47.9. The molecule has 9 atom stereocenters. The summed E-state index contributed by atoms with van der Waals surface area (Å²) in [7, 11) is 9.91. The predicted molar refractivity (Wildman–Crippen MR) is 386 cm³/mol. The minimum Gasteiger partial charge on any atom is -0.394 e. The SMILES string of the molecule is CC[C@H](C)[C@@H]1NC(=O)[C@H](CC(C)C)N(C)C(=O)C[C@@H](C(=O)N2CCCCC2)N(C)C(=O)[C@H](C2CCCCC2)N(C)C(=O)C2(CCCC2)NC(=O)[C@@H]2C[C@H](OCCO)CN2C(=O)[C@H](CCc2ccc(C(F)(F)F)c(Cl)c2)NC(=O)CN(C)C(=O)[C@H](CC2CCCCC2)N(C)C(=O)CN(C)C(=O)CN(C)C1=O. The van der Waals surface area contributed by atoms with E-state index in [9.17, 15) is 47.0 Å². The number of ether oxygens (including phenoxy) is 1. The van der Waals surface area contributed by atoms with Crippen molar-refractivity contribution in [1.29, 1.82) is 0 Å². The fourth-order valence-electron chi connectivity index (χ4n) is 16.2. The molecule has 0 aromatic heterocycles. The van der Waals surface area contributed by atoms with Crippen molar-refractivity contribution in [1.82, 2.24) is 60.0 Å². The number of likely N-dealkylation sites (N-methyl/N-ethyl adjacent to an activating group) is 7. The maximum atomic E-state index is 15.9. The summed E-state index contributed by atoms with van der Waals surface area (Å²) in [5.41, 5.74) is -2.51. The Morgan fingerprint density at radius 1 is 0.676 bits per heavy atom. The Balaban J connectivity index is 1.32. The number of benzene rings is 1. The summed E-state index contributed by atoms with van der Waals surface area (Å²) >= 11 is 6.19. The molecule has 3 saturated heterocycles. The molecule has 4 N–H and O–H groups in total. The molecule has 12 amide bonds. The number of amides is 12. The monoisotopic (exact) mass is 1500 g/mol. The third-order valence-corrected chi connectivity index (χ3v) is 23.1. The molecular formula is C75H116ClF3N12O14. The Labute approximate surface area is 622 Å². The fraction of sp³-hybridized carbons (Fsp3) is 0.760. The first-order valence-electron chi connectivity index (χ1n) is 38.0. The first-order chi connectivity index (χ1) is 49.6. The molecule has 26 nitrogen and oxygen atoms in total. The lowest BCUT2D eigenvalue weighted by Crippen LogP contribution is -2.65. The van der Waals surface area contributed by atoms with E-state index >= 15 is 28.8 Å². The van der Waals surface area contributed by atoms with E-state index < -0.39 is 186 Å². The number of alkyl halides is 3. The van der Waals surface area contributed by atoms with Crippen molar-refractivity contribution in [2.24, 2.45) is 23.7 Å². The van der Waals surface area contributed by atoms with Crippen LogP contribution in [0.2, 0.25) is 5.02 Å². The zero-order valence-electron chi connectivity index (χ0n) is 63.6. The first-order valence-corrected chi connectivity index (χ1v) is 38.4. The Bertz CT molecular complexity index is 3230. The van der Waals surface area contributed by atoms with Crippen LogP contribution < -0.4 is 16.0 Å². The van der Waals surface area contributed by atoms with Gasteiger partial charge < -0.3 is 69.9 Å². The van der Waals surface area contributed by atoms with E-state index in [1.807, 2.05) is 20.8 Å². The van der Waals surface area contributed by atoms with Crippen LogP contribution in [0.3, 0.4) is 0 Å². The van der Waals surface area contributed by atoms with Crippen LogP contribution in [0.5, 0.6) is 0 Å². The van der Waals surface area contributed by atoms with Gasteiger partial charge in [-0.3, -0.25) is 57.5 Å². The molecular weight excluding hydrogens is 1390 g/mol. The summed E-state index contributed by atoms with van der Waals surface area (Å²) in [5.74, 6) is -9.31. The van der Waals surface area contributed by atoms with Gasteiger partial charge in [0.15, 0.2) is 0 Å². The molecule has 0 radical (unpaired) electrons. The number of fused-ring (bicyclic) bond motifs is 1. The fourth-order valence-corrected chi connectivity index (χ4v) is 16.5. The van der Waals surface area contributed by atoms with Crippen LogP contribution in [-0.2, 0) is 74.9 Å². The van der Waals surface area contributed by atoms with Crippen LogP contribution in [0.15, 0.2) is 18.2 Å². The molecule has 30 heteroatoms. The molecule has 3 heterocycles. The zero-order valence-corrected chi connectivity index (χ0v) is 64.3. The van der Waals surface area contributed by atoms with Crippen LogP contribution >= 0.6 is 11.6 Å². The number of aliphatic hydroxyl groups excluding tert-OH is 1. The maximum absolute atomic E-state index is 15.9. The number of rotatable bonds is 14. The second-order valence-electron chi connectivity index (χ2n) is 30.9. The molecule has 105 heavy (non-hydrogen) atoms. The van der Waals surface area contributed by atoms with Crippen molar-refractivity contribution < 1.29 is 80.5 Å². The number of piperidine rings is 1. The Kier molecular flexibility index (Phi) is 31.3. The Morgan fingerprint density at radius 2 is 1.28 bits per heavy atom. The van der Waals surface area contributed by atoms with Gasteiger partial charge in [-0.1, -0.05) is 116 Å². The lowest BCUT2D eigenvalue weighted by atomic mass is 9.81. The molecule has 1 spiro atoms. The highest BCUT2D eigenvalue weighted by Crippen LogP contribution is 2.39. The topological polar surface area (TPSA) is 300 Å². The largest absolute Gasteiger partial charge is 0.417 e. The molecule has 6 fully saturated rings. The highest BCUT2D eigenvalue weighted by atomic mass is 35.5. The van der Waals surface area contributed by atoms with Gasteiger partial charge >= 0.3 is 6.18 Å². The van der Waals surface area contributed by atoms with E-state index in [1.54, 1.807) is 11.8 Å². The van der Waals surface area contributed by atoms with Crippen LogP contribution in [0.4, 0.5) is 13.2 Å². The number of aryl methyl sites for hydroxylation is 1. The Morgan fingerprint density at radius 3 is 1.88 bits per heavy atom. The van der Waals surface area contributed by atoms with Crippen LogP contribution in [0, 0.1) is 23.7 Å². The summed E-state index contributed by atoms with van der Waals surface area (Å²) in [6, 6.07) is -6.09. The van der Waals surface area contributed by atoms with Gasteiger partial charge in [0.25, 0.3) is 0 Å². The van der Waals surface area contributed by atoms with Gasteiger partial charge in [-0.05, 0) is 112 Å². The van der Waals surface area contributed by atoms with Gasteiger partial charge in [0.1, 0.15) is 47.8 Å². The molecule has 0 bridgehead atoms. The number of likely N-dealkylation sites (tertiary alicyclic amines) is 1. The summed E-state index contributed by atoms with van der Waals surface area (Å²) in [4.78, 5) is 192. The maximum Gasteiger partial charge on any atom is 0.417 e. The minimum atomic E-state index is -4.79. The average molecular weight is 1500 g/mol. The van der Waals surface area contributed by atoms with Gasteiger partial charge in [0.05, 0.1) is 56.0 Å². The van der Waals surface area contributed by atoms with Gasteiger partial charge in [-0.15, -0.1) is 0 Å². The van der Waals surface area contributed by atoms with Crippen LogP contribution in [0.25, 0.3) is 0 Å². The lowest BCUT2D eigenvalue weighted by molar-refractivity contribution is -0.157. The molecule has 7 rings (SSSR count). The molecule has 588 valence electrons. The molecule has 3 aliphatic carbocycles. The van der Waals surface area contributed by atoms with E-state index in [4.69, 9.17) is 16.3 Å². The van der Waals surface area contributed by atoms with E-state index in [2.05, 4.69) is 16.0 Å². The number of halogens is 4. The summed E-state index contributed by atoms with van der Waals surface area (Å²) in [6.07, 6.45) is 4.82. The highest BCUT2D eigenvalue weighted by Gasteiger charge is 2.52. The lowest BCUT2D eigenvalue weighted by Gasteiger charge is -2.43. The van der Waals surface area contributed by atoms with E-state index in [0.29, 0.717) is 58.0 Å². The van der Waals surface area contributed by atoms with Gasteiger partial charge in [-0.2, -0.15) is 13.2 Å². The highest BCUT2D eigenvalue weighted by molar-refractivity contribution is 6.31. The van der Waals surface area contributed by atoms with E-state index in [-0.39, 0.29) is 75.5 Å². The second kappa shape index (κ2) is 38.6. The van der Waals surface area contributed by atoms with E-state index in [1.165, 1.54) is 79.9 Å².